The number of ether oxygens (including phenoxy) is 1. The monoisotopic (exact) mass is 272 g/mol. The summed E-state index contributed by atoms with van der Waals surface area (Å²) >= 11 is 0. The van der Waals surface area contributed by atoms with E-state index in [1.165, 1.54) is 0 Å². The lowest BCUT2D eigenvalue weighted by molar-refractivity contribution is 0.100. The van der Waals surface area contributed by atoms with E-state index in [2.05, 4.69) is 10.3 Å². The highest BCUT2D eigenvalue weighted by Crippen LogP contribution is 2.27. The zero-order valence-corrected chi connectivity index (χ0v) is 11.1. The number of pyridine rings is 1. The van der Waals surface area contributed by atoms with Crippen molar-refractivity contribution < 1.29 is 9.53 Å². The van der Waals surface area contributed by atoms with Crippen LogP contribution in [0.3, 0.4) is 0 Å². The van der Waals surface area contributed by atoms with E-state index in [-0.39, 0.29) is 0 Å². The SMILES string of the molecule is CCOc1ccc(Nc2c(N)cccc2C(N)=O)cn1. The minimum atomic E-state index is -0.543. The van der Waals surface area contributed by atoms with Crippen molar-refractivity contribution in [3.63, 3.8) is 0 Å². The van der Waals surface area contributed by atoms with E-state index >= 15 is 0 Å². The number of primary amides is 1. The summed E-state index contributed by atoms with van der Waals surface area (Å²) in [5.41, 5.74) is 13.1. The third kappa shape index (κ3) is 2.97. The lowest BCUT2D eigenvalue weighted by atomic mass is 10.1. The van der Waals surface area contributed by atoms with E-state index < -0.39 is 5.91 Å². The second kappa shape index (κ2) is 5.92. The van der Waals surface area contributed by atoms with Crippen LogP contribution in [0.15, 0.2) is 36.5 Å². The summed E-state index contributed by atoms with van der Waals surface area (Å²) in [5.74, 6) is -0.00657. The molecule has 6 nitrogen and oxygen atoms in total. The van der Waals surface area contributed by atoms with Gasteiger partial charge in [0.15, 0.2) is 0 Å². The van der Waals surface area contributed by atoms with Crippen LogP contribution in [0.4, 0.5) is 17.1 Å². The first-order valence-electron chi connectivity index (χ1n) is 6.16. The number of anilines is 3. The molecule has 0 fully saturated rings. The fourth-order valence-corrected chi connectivity index (χ4v) is 1.75. The molecule has 104 valence electrons. The minimum Gasteiger partial charge on any atom is -0.478 e. The molecule has 1 heterocycles. The molecule has 2 aromatic rings. The number of nitrogens with zero attached hydrogens (tertiary/aromatic N) is 1. The van der Waals surface area contributed by atoms with Crippen molar-refractivity contribution in [3.8, 4) is 5.88 Å². The Morgan fingerprint density at radius 1 is 1.35 bits per heavy atom. The Labute approximate surface area is 116 Å². The van der Waals surface area contributed by atoms with Crippen molar-refractivity contribution in [3.05, 3.63) is 42.1 Å². The molecule has 2 rings (SSSR count). The van der Waals surface area contributed by atoms with Gasteiger partial charge in [0.25, 0.3) is 5.91 Å². The minimum absolute atomic E-state index is 0.332. The Hall–Kier alpha value is -2.76. The number of nitrogen functional groups attached to an aromatic ring is 1. The fraction of sp³-hybridized carbons (Fsp3) is 0.143. The highest BCUT2D eigenvalue weighted by Gasteiger charge is 2.11. The highest BCUT2D eigenvalue weighted by molar-refractivity contribution is 6.02. The zero-order valence-electron chi connectivity index (χ0n) is 11.1. The summed E-state index contributed by atoms with van der Waals surface area (Å²) in [6.07, 6.45) is 1.60. The Balaban J connectivity index is 2.27. The highest BCUT2D eigenvalue weighted by atomic mass is 16.5. The lowest BCUT2D eigenvalue weighted by Gasteiger charge is -2.12. The number of hydrogen-bond donors (Lipinski definition) is 3. The van der Waals surface area contributed by atoms with Gasteiger partial charge in [-0.05, 0) is 25.1 Å². The number of hydrogen-bond acceptors (Lipinski definition) is 5. The molecule has 0 saturated heterocycles. The number of nitrogens with two attached hydrogens (primary N) is 2. The summed E-state index contributed by atoms with van der Waals surface area (Å²) in [6, 6.07) is 8.50. The smallest absolute Gasteiger partial charge is 0.250 e. The standard InChI is InChI=1S/C14H16N4O2/c1-2-20-12-7-6-9(8-17-12)18-13-10(14(16)19)4-3-5-11(13)15/h3-8,18H,2,15H2,1H3,(H2,16,19). The van der Waals surface area contributed by atoms with Gasteiger partial charge in [-0.1, -0.05) is 6.07 Å². The molecule has 0 aliphatic carbocycles. The van der Waals surface area contributed by atoms with E-state index in [1.807, 2.05) is 6.92 Å². The molecule has 1 aromatic heterocycles. The second-order valence-corrected chi connectivity index (χ2v) is 4.08. The topological polar surface area (TPSA) is 103 Å². The fourth-order valence-electron chi connectivity index (χ4n) is 1.75. The summed E-state index contributed by atoms with van der Waals surface area (Å²) < 4.78 is 5.26. The van der Waals surface area contributed by atoms with Gasteiger partial charge >= 0.3 is 0 Å². The van der Waals surface area contributed by atoms with Gasteiger partial charge in [-0.3, -0.25) is 4.79 Å². The summed E-state index contributed by atoms with van der Waals surface area (Å²) in [5, 5.41) is 3.05. The van der Waals surface area contributed by atoms with E-state index in [0.717, 1.165) is 0 Å². The molecule has 1 aromatic carbocycles. The molecule has 5 N–H and O–H groups in total. The molecule has 1 amide bonds. The number of para-hydroxylation sites is 1. The van der Waals surface area contributed by atoms with Crippen molar-refractivity contribution in [2.45, 2.75) is 6.92 Å². The van der Waals surface area contributed by atoms with Crippen molar-refractivity contribution in [1.82, 2.24) is 4.98 Å². The van der Waals surface area contributed by atoms with Crippen LogP contribution in [0.1, 0.15) is 17.3 Å². The van der Waals surface area contributed by atoms with Crippen LogP contribution >= 0.6 is 0 Å². The van der Waals surface area contributed by atoms with Crippen LogP contribution in [-0.4, -0.2) is 17.5 Å². The third-order valence-corrected chi connectivity index (χ3v) is 2.66. The van der Waals surface area contributed by atoms with Crippen LogP contribution < -0.4 is 21.5 Å². The van der Waals surface area contributed by atoms with Gasteiger partial charge in [0, 0.05) is 6.07 Å². The Morgan fingerprint density at radius 2 is 2.15 bits per heavy atom. The van der Waals surface area contributed by atoms with Crippen LogP contribution in [0.2, 0.25) is 0 Å². The predicted octanol–water partition coefficient (Wildman–Crippen LogP) is 1.91. The maximum atomic E-state index is 11.4. The quantitative estimate of drug-likeness (QED) is 0.721. The first-order valence-corrected chi connectivity index (χ1v) is 6.16. The number of carbonyl (C=O) groups excluding carboxylic acids is 1. The van der Waals surface area contributed by atoms with Crippen molar-refractivity contribution in [2.24, 2.45) is 5.73 Å². The number of rotatable bonds is 5. The first kappa shape index (κ1) is 13.7. The van der Waals surface area contributed by atoms with Crippen molar-refractivity contribution in [2.75, 3.05) is 17.7 Å². The molecule has 0 atom stereocenters. The Bertz CT molecular complexity index is 611. The van der Waals surface area contributed by atoms with E-state index in [4.69, 9.17) is 16.2 Å². The van der Waals surface area contributed by atoms with E-state index in [0.29, 0.717) is 35.1 Å². The Kier molecular flexibility index (Phi) is 4.05. The number of nitrogens with one attached hydrogen (secondary N) is 1. The predicted molar refractivity (Wildman–Crippen MR) is 78.1 cm³/mol. The molecule has 6 heteroatoms. The molecule has 20 heavy (non-hydrogen) atoms. The molecule has 0 unspecified atom stereocenters. The van der Waals surface area contributed by atoms with Crippen molar-refractivity contribution >= 4 is 23.0 Å². The zero-order chi connectivity index (χ0) is 14.5. The molecular formula is C14H16N4O2. The van der Waals surface area contributed by atoms with Crippen LogP contribution in [0, 0.1) is 0 Å². The number of benzene rings is 1. The third-order valence-electron chi connectivity index (χ3n) is 2.66. The van der Waals surface area contributed by atoms with Gasteiger partial charge in [0.1, 0.15) is 0 Å². The molecule has 0 aliphatic rings. The van der Waals surface area contributed by atoms with Crippen LogP contribution in [0.25, 0.3) is 0 Å². The van der Waals surface area contributed by atoms with Crippen LogP contribution in [-0.2, 0) is 0 Å². The summed E-state index contributed by atoms with van der Waals surface area (Å²) in [6.45, 7) is 2.44. The molecule has 0 bridgehead atoms. The summed E-state index contributed by atoms with van der Waals surface area (Å²) in [7, 11) is 0. The van der Waals surface area contributed by atoms with Gasteiger partial charge in [-0.25, -0.2) is 4.98 Å². The maximum absolute atomic E-state index is 11.4. The molecule has 0 saturated carbocycles. The average molecular weight is 272 g/mol. The number of aromatic nitrogens is 1. The Morgan fingerprint density at radius 3 is 2.75 bits per heavy atom. The number of carbonyl (C=O) groups is 1. The van der Waals surface area contributed by atoms with Gasteiger partial charge in [0.2, 0.25) is 5.88 Å². The largest absolute Gasteiger partial charge is 0.478 e. The summed E-state index contributed by atoms with van der Waals surface area (Å²) in [4.78, 5) is 15.5. The van der Waals surface area contributed by atoms with Gasteiger partial charge in [-0.15, -0.1) is 0 Å². The van der Waals surface area contributed by atoms with Crippen LogP contribution in [0.5, 0.6) is 5.88 Å². The van der Waals surface area contributed by atoms with E-state index in [9.17, 15) is 4.79 Å². The lowest BCUT2D eigenvalue weighted by Crippen LogP contribution is -2.14. The molecule has 0 aliphatic heterocycles. The van der Waals surface area contributed by atoms with E-state index in [1.54, 1.807) is 36.5 Å². The maximum Gasteiger partial charge on any atom is 0.250 e. The first-order chi connectivity index (χ1) is 9.61. The normalized spacial score (nSPS) is 10.1. The molecular weight excluding hydrogens is 256 g/mol. The van der Waals surface area contributed by atoms with Gasteiger partial charge < -0.3 is 21.5 Å². The van der Waals surface area contributed by atoms with Crippen molar-refractivity contribution in [1.29, 1.82) is 0 Å². The number of amides is 1. The molecule has 0 spiro atoms. The van der Waals surface area contributed by atoms with Gasteiger partial charge in [-0.2, -0.15) is 0 Å². The molecule has 0 radical (unpaired) electrons. The average Bonchev–Trinajstić information content (AvgIpc) is 2.43. The second-order valence-electron chi connectivity index (χ2n) is 4.08. The van der Waals surface area contributed by atoms with Gasteiger partial charge in [0.05, 0.1) is 35.4 Å².